The molecule has 0 saturated heterocycles. The fourth-order valence-corrected chi connectivity index (χ4v) is 2.79. The molecule has 2 N–H and O–H groups in total. The van der Waals surface area contributed by atoms with E-state index < -0.39 is 11.9 Å². The van der Waals surface area contributed by atoms with E-state index in [-0.39, 0.29) is 12.2 Å². The van der Waals surface area contributed by atoms with Gasteiger partial charge in [0, 0.05) is 23.3 Å². The van der Waals surface area contributed by atoms with Crippen LogP contribution in [-0.4, -0.2) is 35.0 Å². The molecule has 0 saturated carbocycles. The molecule has 0 spiro atoms. The lowest BCUT2D eigenvalue weighted by Gasteiger charge is -2.07. The number of rotatable bonds is 7. The number of benzene rings is 3. The second-order valence-corrected chi connectivity index (χ2v) is 6.86. The van der Waals surface area contributed by atoms with Crippen molar-refractivity contribution < 1.29 is 24.6 Å². The number of hydrogen-bond donors (Lipinski definition) is 2. The topological polar surface area (TPSA) is 96.2 Å². The van der Waals surface area contributed by atoms with Gasteiger partial charge < -0.3 is 15.1 Å². The summed E-state index contributed by atoms with van der Waals surface area (Å²) in [5.41, 5.74) is 1.41. The second-order valence-electron chi connectivity index (χ2n) is 6.86. The summed E-state index contributed by atoms with van der Waals surface area (Å²) in [6.07, 6.45) is 2.43. The fourth-order valence-electron chi connectivity index (χ4n) is 2.79. The number of carbonyl (C=O) groups is 2. The van der Waals surface area contributed by atoms with Crippen molar-refractivity contribution >= 4 is 39.7 Å². The molecule has 31 heavy (non-hydrogen) atoms. The van der Waals surface area contributed by atoms with Crippen LogP contribution < -0.4 is 0 Å². The summed E-state index contributed by atoms with van der Waals surface area (Å²) in [6.45, 7) is 8.42. The van der Waals surface area contributed by atoms with E-state index in [1.54, 1.807) is 13.1 Å². The monoisotopic (exact) mass is 419 g/mol. The molecule has 6 nitrogen and oxygen atoms in total. The molecular weight excluding hydrogens is 394 g/mol. The van der Waals surface area contributed by atoms with Crippen molar-refractivity contribution in [2.45, 2.75) is 19.8 Å². The van der Waals surface area contributed by atoms with E-state index in [1.165, 1.54) is 0 Å². The zero-order valence-corrected chi connectivity index (χ0v) is 17.4. The van der Waals surface area contributed by atoms with Crippen molar-refractivity contribution in [2.24, 2.45) is 5.16 Å². The molecule has 160 valence electrons. The molecule has 0 aliphatic heterocycles. The van der Waals surface area contributed by atoms with Gasteiger partial charge in [-0.2, -0.15) is 0 Å². The van der Waals surface area contributed by atoms with Crippen molar-refractivity contribution in [1.29, 1.82) is 0 Å². The second kappa shape index (κ2) is 11.4. The van der Waals surface area contributed by atoms with Gasteiger partial charge in [0.05, 0.1) is 6.21 Å². The number of carboxylic acids is 1. The molecule has 0 aliphatic carbocycles. The van der Waals surface area contributed by atoms with Crippen LogP contribution in [0.4, 0.5) is 0 Å². The van der Waals surface area contributed by atoms with Crippen molar-refractivity contribution in [2.75, 3.05) is 6.61 Å². The Bertz CT molecular complexity index is 1090. The lowest BCUT2D eigenvalue weighted by Crippen LogP contribution is -2.00. The standard InChI is InChI=1S/C19H15NO2.C6H10O3/c1-13(2)19(21)22-20-12-18-16-9-5-3-7-14(16)11-15-8-4-6-10-17(15)18;1-5(6(8)9)3-2-4-7/h3-12H,1H2,2H3;7H,1-4H2,(H,8,9). The average Bonchev–Trinajstić information content (AvgIpc) is 2.77. The Morgan fingerprint density at radius 2 is 1.58 bits per heavy atom. The fraction of sp³-hybridized carbons (Fsp3) is 0.160. The smallest absolute Gasteiger partial charge is 0.360 e. The third kappa shape index (κ3) is 6.62. The minimum Gasteiger partial charge on any atom is -0.478 e. The van der Waals surface area contributed by atoms with Crippen molar-refractivity contribution in [3.8, 4) is 0 Å². The first-order chi connectivity index (χ1) is 14.8. The normalized spacial score (nSPS) is 10.5. The number of aliphatic hydroxyl groups is 1. The maximum Gasteiger partial charge on any atom is 0.360 e. The highest BCUT2D eigenvalue weighted by Gasteiger charge is 2.06. The Morgan fingerprint density at radius 1 is 1.03 bits per heavy atom. The van der Waals surface area contributed by atoms with Gasteiger partial charge in [0.15, 0.2) is 0 Å². The maximum absolute atomic E-state index is 11.4. The van der Waals surface area contributed by atoms with Crippen molar-refractivity contribution in [3.05, 3.63) is 84.5 Å². The number of aliphatic hydroxyl groups excluding tert-OH is 1. The molecule has 0 atom stereocenters. The van der Waals surface area contributed by atoms with E-state index in [9.17, 15) is 9.59 Å². The number of fused-ring (bicyclic) bond motifs is 2. The number of aliphatic carboxylic acids is 1. The molecule has 3 aromatic rings. The SMILES string of the molecule is C=C(C)C(=O)ON=Cc1c2ccccc2cc2ccccc12.C=C(CCCO)C(=O)O. The summed E-state index contributed by atoms with van der Waals surface area (Å²) in [5.74, 6) is -1.51. The quantitative estimate of drug-likeness (QED) is 0.188. The summed E-state index contributed by atoms with van der Waals surface area (Å²) in [7, 11) is 0. The van der Waals surface area contributed by atoms with Crippen LogP contribution in [0.5, 0.6) is 0 Å². The van der Waals surface area contributed by atoms with Crippen LogP contribution in [0.2, 0.25) is 0 Å². The predicted molar refractivity (Wildman–Crippen MR) is 123 cm³/mol. The third-order valence-corrected chi connectivity index (χ3v) is 4.42. The zero-order valence-electron chi connectivity index (χ0n) is 17.4. The Kier molecular flexibility index (Phi) is 8.66. The maximum atomic E-state index is 11.4. The van der Waals surface area contributed by atoms with Gasteiger partial charge in [-0.3, -0.25) is 0 Å². The summed E-state index contributed by atoms with van der Waals surface area (Å²) >= 11 is 0. The highest BCUT2D eigenvalue weighted by Crippen LogP contribution is 2.27. The Labute approximate surface area is 180 Å². The minimum atomic E-state index is -0.983. The van der Waals surface area contributed by atoms with Crippen molar-refractivity contribution in [3.63, 3.8) is 0 Å². The van der Waals surface area contributed by atoms with Crippen molar-refractivity contribution in [1.82, 2.24) is 0 Å². The Morgan fingerprint density at radius 3 is 2.06 bits per heavy atom. The van der Waals surface area contributed by atoms with Crippen LogP contribution >= 0.6 is 0 Å². The van der Waals surface area contributed by atoms with Gasteiger partial charge in [0.1, 0.15) is 0 Å². The zero-order chi connectivity index (χ0) is 22.8. The lowest BCUT2D eigenvalue weighted by atomic mass is 9.97. The van der Waals surface area contributed by atoms with Gasteiger partial charge in [-0.25, -0.2) is 9.59 Å². The summed E-state index contributed by atoms with van der Waals surface area (Å²) in [6, 6.07) is 18.3. The predicted octanol–water partition coefficient (Wildman–Crippen LogP) is 4.85. The summed E-state index contributed by atoms with van der Waals surface area (Å²) in [4.78, 5) is 26.3. The Balaban J connectivity index is 0.000000323. The van der Waals surface area contributed by atoms with Crippen LogP contribution in [0.25, 0.3) is 21.5 Å². The van der Waals surface area contributed by atoms with Crippen LogP contribution in [0.3, 0.4) is 0 Å². The van der Waals surface area contributed by atoms with Gasteiger partial charge in [0.25, 0.3) is 0 Å². The highest BCUT2D eigenvalue weighted by molar-refractivity contribution is 6.13. The molecule has 0 unspecified atom stereocenters. The molecule has 0 heterocycles. The van der Waals surface area contributed by atoms with Crippen LogP contribution in [-0.2, 0) is 14.4 Å². The first-order valence-corrected chi connectivity index (χ1v) is 9.67. The van der Waals surface area contributed by atoms with E-state index in [0.29, 0.717) is 18.4 Å². The van der Waals surface area contributed by atoms with E-state index in [4.69, 9.17) is 15.1 Å². The van der Waals surface area contributed by atoms with E-state index in [1.807, 2.05) is 36.4 Å². The number of carbonyl (C=O) groups excluding carboxylic acids is 1. The summed E-state index contributed by atoms with van der Waals surface area (Å²) in [5, 5.41) is 24.7. The van der Waals surface area contributed by atoms with Gasteiger partial charge in [0.2, 0.25) is 0 Å². The van der Waals surface area contributed by atoms with Gasteiger partial charge >= 0.3 is 11.9 Å². The number of hydrogen-bond acceptors (Lipinski definition) is 5. The van der Waals surface area contributed by atoms with Crippen LogP contribution in [0.1, 0.15) is 25.3 Å². The summed E-state index contributed by atoms with van der Waals surface area (Å²) < 4.78 is 0. The highest BCUT2D eigenvalue weighted by atomic mass is 16.7. The molecule has 0 fully saturated rings. The number of carboxylic acid groups (broad SMARTS) is 1. The molecule has 0 aromatic heterocycles. The number of nitrogens with zero attached hydrogens (tertiary/aromatic N) is 1. The minimum absolute atomic E-state index is 0.0201. The first kappa shape index (κ1) is 23.5. The molecule has 0 amide bonds. The molecule has 0 aliphatic rings. The molecule has 0 radical (unpaired) electrons. The first-order valence-electron chi connectivity index (χ1n) is 9.67. The largest absolute Gasteiger partial charge is 0.478 e. The van der Waals surface area contributed by atoms with Gasteiger partial charge in [-0.1, -0.05) is 66.8 Å². The van der Waals surface area contributed by atoms with Gasteiger partial charge in [-0.15, -0.1) is 0 Å². The average molecular weight is 419 g/mol. The van der Waals surface area contributed by atoms with E-state index >= 15 is 0 Å². The molecule has 6 heteroatoms. The molecule has 0 bridgehead atoms. The number of oxime groups is 1. The molecule has 3 aromatic carbocycles. The molecular formula is C25H25NO5. The van der Waals surface area contributed by atoms with Crippen LogP contribution in [0.15, 0.2) is 84.1 Å². The van der Waals surface area contributed by atoms with E-state index in [0.717, 1.165) is 27.1 Å². The van der Waals surface area contributed by atoms with Crippen LogP contribution in [0, 0.1) is 0 Å². The third-order valence-electron chi connectivity index (χ3n) is 4.42. The van der Waals surface area contributed by atoms with Gasteiger partial charge in [-0.05, 0) is 47.4 Å². The lowest BCUT2D eigenvalue weighted by molar-refractivity contribution is -0.138. The molecule has 3 rings (SSSR count). The Hall–Kier alpha value is -3.77. The van der Waals surface area contributed by atoms with E-state index in [2.05, 4.69) is 36.5 Å².